The molecule has 5 rings (SSSR count). The number of anilines is 1. The van der Waals surface area contributed by atoms with Gasteiger partial charge >= 0.3 is 0 Å². The van der Waals surface area contributed by atoms with Crippen molar-refractivity contribution in [1.29, 1.82) is 0 Å². The zero-order valence-corrected chi connectivity index (χ0v) is 30.6. The van der Waals surface area contributed by atoms with Crippen LogP contribution in [0.15, 0.2) is 65.6 Å². The molecule has 0 aromatic heterocycles. The van der Waals surface area contributed by atoms with Gasteiger partial charge in [-0.15, -0.1) is 11.8 Å². The maximum absolute atomic E-state index is 14.0. The summed E-state index contributed by atoms with van der Waals surface area (Å²) >= 11 is 1.64. The van der Waals surface area contributed by atoms with Crippen LogP contribution in [-0.2, 0) is 20.8 Å². The van der Waals surface area contributed by atoms with E-state index >= 15 is 0 Å². The maximum Gasteiger partial charge on any atom is 0.248 e. The van der Waals surface area contributed by atoms with Crippen molar-refractivity contribution in [2.75, 3.05) is 59.5 Å². The number of likely N-dealkylation sites (tertiary alicyclic amines) is 1. The van der Waals surface area contributed by atoms with Crippen LogP contribution in [0, 0.1) is 5.92 Å². The third kappa shape index (κ3) is 7.56. The number of hydrogen-bond donors (Lipinski definition) is 1. The van der Waals surface area contributed by atoms with E-state index in [0.29, 0.717) is 49.5 Å². The Morgan fingerprint density at radius 3 is 2.22 bits per heavy atom. The molecule has 1 saturated heterocycles. The van der Waals surface area contributed by atoms with E-state index in [0.717, 1.165) is 59.9 Å². The van der Waals surface area contributed by atoms with Crippen LogP contribution in [0.1, 0.15) is 57.1 Å². The molecule has 2 heterocycles. The molecule has 0 saturated carbocycles. The van der Waals surface area contributed by atoms with Crippen molar-refractivity contribution in [3.63, 3.8) is 0 Å². The van der Waals surface area contributed by atoms with E-state index in [-0.39, 0.29) is 17.6 Å². The van der Waals surface area contributed by atoms with Crippen LogP contribution in [0.2, 0.25) is 0 Å². The maximum atomic E-state index is 14.0. The number of nitrogens with two attached hydrogens (primary N) is 1. The molecule has 1 unspecified atom stereocenters. The summed E-state index contributed by atoms with van der Waals surface area (Å²) in [7, 11) is 6.61. The van der Waals surface area contributed by atoms with Gasteiger partial charge in [0.05, 0.1) is 39.2 Å². The number of fused-ring (bicyclic) bond motifs is 1. The molecule has 10 heteroatoms. The summed E-state index contributed by atoms with van der Waals surface area (Å²) in [5.41, 5.74) is 8.68. The van der Waals surface area contributed by atoms with E-state index in [1.54, 1.807) is 38.0 Å². The molecule has 2 aliphatic rings. The molecular formula is C39H51N3O6S. The second-order valence-corrected chi connectivity index (χ2v) is 14.6. The van der Waals surface area contributed by atoms with Crippen LogP contribution in [-0.4, -0.2) is 76.7 Å². The topological polar surface area (TPSA) is 104 Å². The molecule has 3 aromatic rings. The first kappa shape index (κ1) is 36.5. The number of piperidine rings is 1. The summed E-state index contributed by atoms with van der Waals surface area (Å²) in [6, 6.07) is 19.9. The molecule has 2 N–H and O–H groups in total. The van der Waals surface area contributed by atoms with E-state index in [2.05, 4.69) is 24.8 Å². The fraction of sp³-hybridized carbons (Fsp3) is 0.487. The van der Waals surface area contributed by atoms with Crippen molar-refractivity contribution in [2.45, 2.75) is 67.6 Å². The molecule has 0 bridgehead atoms. The predicted molar refractivity (Wildman–Crippen MR) is 195 cm³/mol. The number of nitrogens with zero attached hydrogens (tertiary/aromatic N) is 2. The fourth-order valence-electron chi connectivity index (χ4n) is 7.00. The normalized spacial score (nSPS) is 19.0. The molecule has 3 aromatic carbocycles. The molecule has 0 radical (unpaired) electrons. The first-order chi connectivity index (χ1) is 23.6. The van der Waals surface area contributed by atoms with Gasteiger partial charge in [0.2, 0.25) is 11.7 Å². The largest absolute Gasteiger partial charge is 0.493 e. The van der Waals surface area contributed by atoms with Crippen LogP contribution >= 0.6 is 11.8 Å². The Morgan fingerprint density at radius 2 is 1.57 bits per heavy atom. The number of amides is 1. The average Bonchev–Trinajstić information content (AvgIpc) is 3.12. The monoisotopic (exact) mass is 689 g/mol. The van der Waals surface area contributed by atoms with Gasteiger partial charge < -0.3 is 34.5 Å². The highest BCUT2D eigenvalue weighted by molar-refractivity contribution is 8.01. The fourth-order valence-corrected chi connectivity index (χ4v) is 8.54. The van der Waals surface area contributed by atoms with Crippen molar-refractivity contribution in [2.24, 2.45) is 11.7 Å². The summed E-state index contributed by atoms with van der Waals surface area (Å²) in [6.45, 7) is 7.29. The summed E-state index contributed by atoms with van der Waals surface area (Å²) in [6.07, 6.45) is 4.05. The number of Topliss-reactive ketones (excluding diaryl/α,β-unsaturated/α-hetero) is 1. The Labute approximate surface area is 295 Å². The lowest BCUT2D eigenvalue weighted by Gasteiger charge is -2.44. The van der Waals surface area contributed by atoms with Crippen molar-refractivity contribution in [3.8, 4) is 23.0 Å². The van der Waals surface area contributed by atoms with Gasteiger partial charge in [0.25, 0.3) is 0 Å². The third-order valence-corrected chi connectivity index (χ3v) is 11.8. The number of thioether (sulfide) groups is 1. The summed E-state index contributed by atoms with van der Waals surface area (Å²) < 4.78 is 22.0. The van der Waals surface area contributed by atoms with Gasteiger partial charge in [-0.05, 0) is 80.5 Å². The van der Waals surface area contributed by atoms with Gasteiger partial charge in [-0.2, -0.15) is 0 Å². The Balaban J connectivity index is 1.11. The Hall–Kier alpha value is -3.73. The highest BCUT2D eigenvalue weighted by atomic mass is 32.2. The average molecular weight is 690 g/mol. The zero-order valence-electron chi connectivity index (χ0n) is 29.8. The van der Waals surface area contributed by atoms with Crippen LogP contribution in [0.5, 0.6) is 23.0 Å². The van der Waals surface area contributed by atoms with E-state index in [1.807, 2.05) is 61.6 Å². The number of ether oxygens (including phenoxy) is 4. The van der Waals surface area contributed by atoms with Crippen molar-refractivity contribution in [1.82, 2.24) is 4.90 Å². The van der Waals surface area contributed by atoms with Crippen molar-refractivity contribution in [3.05, 3.63) is 71.8 Å². The van der Waals surface area contributed by atoms with E-state index in [9.17, 15) is 9.59 Å². The number of benzene rings is 3. The second kappa shape index (κ2) is 15.9. The van der Waals surface area contributed by atoms with E-state index in [4.69, 9.17) is 24.7 Å². The predicted octanol–water partition coefficient (Wildman–Crippen LogP) is 6.49. The second-order valence-electron chi connectivity index (χ2n) is 13.3. The minimum absolute atomic E-state index is 0.0423. The number of unbranched alkanes of at least 4 members (excludes halogenated alkanes) is 1. The zero-order chi connectivity index (χ0) is 35.2. The van der Waals surface area contributed by atoms with Gasteiger partial charge in [-0.3, -0.25) is 9.59 Å². The highest BCUT2D eigenvalue weighted by Crippen LogP contribution is 2.56. The van der Waals surface area contributed by atoms with Crippen molar-refractivity contribution >= 4 is 29.1 Å². The molecule has 1 atom stereocenters. The molecule has 1 fully saturated rings. The van der Waals surface area contributed by atoms with E-state index < -0.39 is 10.3 Å². The number of hydrogen-bond acceptors (Lipinski definition) is 9. The summed E-state index contributed by atoms with van der Waals surface area (Å²) in [5.74, 6) is 2.66. The SMILES string of the molecule is COc1cc(CCC(=O)C2(N)CCN(CCCCOc3ccccc3C3(C(C)C)Sc4ccccc4N(C)C3=O)CC2)cc(OC)c1OC. The van der Waals surface area contributed by atoms with Crippen LogP contribution in [0.25, 0.3) is 0 Å². The Kier molecular flexibility index (Phi) is 11.8. The number of ketones is 1. The van der Waals surface area contributed by atoms with E-state index in [1.165, 1.54) is 0 Å². The molecule has 2 aliphatic heterocycles. The smallest absolute Gasteiger partial charge is 0.248 e. The molecule has 9 nitrogen and oxygen atoms in total. The lowest BCUT2D eigenvalue weighted by molar-refractivity contribution is -0.126. The number of carbonyl (C=O) groups is 2. The standard InChI is InChI=1S/C39H51N3O6S/c1-27(2)39(37(44)41(3)30-14-8-10-16-34(30)49-39)29-13-7-9-15-31(29)48-24-12-11-21-42-22-19-38(40,20-23-42)35(43)18-17-28-25-32(45-4)36(47-6)33(26-28)46-5/h7-10,13-16,25-27H,11-12,17-24,40H2,1-6H3. The molecular weight excluding hydrogens is 639 g/mol. The van der Waals surface area contributed by atoms with Crippen LogP contribution < -0.4 is 29.6 Å². The summed E-state index contributed by atoms with van der Waals surface area (Å²) in [4.78, 5) is 32.6. The molecule has 264 valence electrons. The van der Waals surface area contributed by atoms with Gasteiger partial charge in [0, 0.05) is 37.0 Å². The molecule has 0 spiro atoms. The number of methoxy groups -OCH3 is 3. The number of rotatable bonds is 15. The first-order valence-electron chi connectivity index (χ1n) is 17.2. The quantitative estimate of drug-likeness (QED) is 0.180. The van der Waals surface area contributed by atoms with Crippen molar-refractivity contribution < 1.29 is 28.5 Å². The van der Waals surface area contributed by atoms with Gasteiger partial charge in [-0.25, -0.2) is 0 Å². The Bertz CT molecular complexity index is 1600. The number of aryl methyl sites for hydroxylation is 1. The van der Waals surface area contributed by atoms with Crippen LogP contribution in [0.3, 0.4) is 0 Å². The lowest BCUT2D eigenvalue weighted by atomic mass is 9.82. The highest BCUT2D eigenvalue weighted by Gasteiger charge is 2.51. The number of likely N-dealkylation sites (N-methyl/N-ethyl adjacent to an activating group) is 1. The van der Waals surface area contributed by atoms with Gasteiger partial charge in [0.1, 0.15) is 10.5 Å². The minimum Gasteiger partial charge on any atom is -0.493 e. The van der Waals surface area contributed by atoms with Crippen LogP contribution in [0.4, 0.5) is 5.69 Å². The number of para-hydroxylation sites is 2. The van der Waals surface area contributed by atoms with Gasteiger partial charge in [-0.1, -0.05) is 44.2 Å². The third-order valence-electron chi connectivity index (χ3n) is 10.0. The van der Waals surface area contributed by atoms with Gasteiger partial charge in [0.15, 0.2) is 17.3 Å². The molecule has 49 heavy (non-hydrogen) atoms. The summed E-state index contributed by atoms with van der Waals surface area (Å²) in [5, 5.41) is 0. The number of carbonyl (C=O) groups excluding carboxylic acids is 2. The first-order valence-corrected chi connectivity index (χ1v) is 18.0. The Morgan fingerprint density at radius 1 is 0.918 bits per heavy atom. The molecule has 1 amide bonds. The lowest BCUT2D eigenvalue weighted by Crippen LogP contribution is -2.55. The minimum atomic E-state index is -0.806. The molecule has 0 aliphatic carbocycles.